The van der Waals surface area contributed by atoms with Crippen LogP contribution < -0.4 is 5.32 Å². The summed E-state index contributed by atoms with van der Waals surface area (Å²) in [6.07, 6.45) is 0. The van der Waals surface area contributed by atoms with Crippen molar-refractivity contribution in [2.24, 2.45) is 0 Å². The molecule has 20 heavy (non-hydrogen) atoms. The lowest BCUT2D eigenvalue weighted by Gasteiger charge is -2.20. The summed E-state index contributed by atoms with van der Waals surface area (Å²) in [6, 6.07) is 17.0. The Balaban J connectivity index is 2.06. The molecule has 0 unspecified atom stereocenters. The van der Waals surface area contributed by atoms with Crippen LogP contribution in [0.1, 0.15) is 26.3 Å². The highest BCUT2D eigenvalue weighted by Gasteiger charge is 2.09. The molecule has 0 aromatic heterocycles. The Bertz CT molecular complexity index is 561. The fraction of sp³-hybridized carbons (Fsp3) is 0.294. The fourth-order valence-corrected chi connectivity index (χ4v) is 3.23. The van der Waals surface area contributed by atoms with Crippen molar-refractivity contribution < 1.29 is 0 Å². The van der Waals surface area contributed by atoms with Gasteiger partial charge in [0.15, 0.2) is 0 Å². The van der Waals surface area contributed by atoms with Crippen molar-refractivity contribution >= 4 is 27.7 Å². The van der Waals surface area contributed by atoms with Gasteiger partial charge in [-0.25, -0.2) is 0 Å². The van der Waals surface area contributed by atoms with Crippen LogP contribution in [0.25, 0.3) is 0 Å². The van der Waals surface area contributed by atoms with Crippen LogP contribution in [0.3, 0.4) is 0 Å². The summed E-state index contributed by atoms with van der Waals surface area (Å²) in [4.78, 5) is 2.50. The first-order valence-electron chi connectivity index (χ1n) is 6.70. The van der Waals surface area contributed by atoms with Gasteiger partial charge in [-0.3, -0.25) is 0 Å². The van der Waals surface area contributed by atoms with Crippen molar-refractivity contribution in [3.8, 4) is 0 Å². The average Bonchev–Trinajstić information content (AvgIpc) is 2.40. The Morgan fingerprint density at radius 1 is 1.05 bits per heavy atom. The minimum atomic E-state index is 0.143. The second-order valence-corrected chi connectivity index (χ2v) is 7.75. The summed E-state index contributed by atoms with van der Waals surface area (Å²) >= 11 is 5.46. The van der Waals surface area contributed by atoms with E-state index in [2.05, 4.69) is 84.5 Å². The molecular weight excluding hydrogens is 330 g/mol. The zero-order valence-electron chi connectivity index (χ0n) is 12.1. The van der Waals surface area contributed by atoms with Gasteiger partial charge in [-0.1, -0.05) is 36.0 Å². The lowest BCUT2D eigenvalue weighted by Crippen LogP contribution is -2.35. The van der Waals surface area contributed by atoms with Crippen LogP contribution >= 0.6 is 27.7 Å². The van der Waals surface area contributed by atoms with E-state index in [0.717, 1.165) is 11.0 Å². The monoisotopic (exact) mass is 349 g/mol. The highest BCUT2D eigenvalue weighted by atomic mass is 79.9. The molecule has 0 aliphatic carbocycles. The fourth-order valence-electron chi connectivity index (χ4n) is 1.72. The number of halogens is 1. The molecule has 0 aliphatic heterocycles. The molecule has 0 spiro atoms. The molecule has 1 nitrogen and oxygen atoms in total. The minimum absolute atomic E-state index is 0.143. The third-order valence-corrected chi connectivity index (χ3v) is 4.79. The van der Waals surface area contributed by atoms with Gasteiger partial charge in [-0.15, -0.1) is 0 Å². The predicted octanol–water partition coefficient (Wildman–Crippen LogP) is 5.49. The molecular formula is C17H20BrNS. The van der Waals surface area contributed by atoms with Crippen LogP contribution in [0, 0.1) is 0 Å². The maximum atomic E-state index is 3.68. The second-order valence-electron chi connectivity index (χ2n) is 5.78. The quantitative estimate of drug-likeness (QED) is 0.783. The largest absolute Gasteiger partial charge is 0.308 e. The van der Waals surface area contributed by atoms with Gasteiger partial charge in [0.05, 0.1) is 0 Å². The van der Waals surface area contributed by atoms with E-state index in [1.165, 1.54) is 15.4 Å². The van der Waals surface area contributed by atoms with Crippen molar-refractivity contribution in [3.63, 3.8) is 0 Å². The van der Waals surface area contributed by atoms with E-state index in [1.807, 2.05) is 6.07 Å². The van der Waals surface area contributed by atoms with Gasteiger partial charge in [-0.05, 0) is 66.5 Å². The van der Waals surface area contributed by atoms with E-state index in [-0.39, 0.29) is 5.54 Å². The van der Waals surface area contributed by atoms with Crippen LogP contribution in [-0.4, -0.2) is 5.54 Å². The number of hydrogen-bond donors (Lipinski definition) is 1. The first-order chi connectivity index (χ1) is 9.44. The van der Waals surface area contributed by atoms with Crippen molar-refractivity contribution in [2.75, 3.05) is 0 Å². The summed E-state index contributed by atoms with van der Waals surface area (Å²) in [6.45, 7) is 7.43. The van der Waals surface area contributed by atoms with Crippen LogP contribution in [0.4, 0.5) is 0 Å². The first-order valence-corrected chi connectivity index (χ1v) is 8.31. The topological polar surface area (TPSA) is 12.0 Å². The molecule has 2 aromatic rings. The maximum Gasteiger partial charge on any atom is 0.0318 e. The Labute approximate surface area is 134 Å². The van der Waals surface area contributed by atoms with Crippen molar-refractivity contribution in [1.82, 2.24) is 5.32 Å². The minimum Gasteiger partial charge on any atom is -0.308 e. The lowest BCUT2D eigenvalue weighted by molar-refractivity contribution is 0.424. The predicted molar refractivity (Wildman–Crippen MR) is 91.3 cm³/mol. The lowest BCUT2D eigenvalue weighted by atomic mass is 10.1. The van der Waals surface area contributed by atoms with E-state index in [1.54, 1.807) is 11.8 Å². The molecule has 3 heteroatoms. The Morgan fingerprint density at radius 3 is 2.35 bits per heavy atom. The number of nitrogens with one attached hydrogen (secondary N) is 1. The number of hydrogen-bond acceptors (Lipinski definition) is 2. The second kappa shape index (κ2) is 6.79. The van der Waals surface area contributed by atoms with Crippen LogP contribution in [0.2, 0.25) is 0 Å². The maximum absolute atomic E-state index is 3.68. The molecule has 0 fully saturated rings. The highest BCUT2D eigenvalue weighted by Crippen LogP contribution is 2.33. The van der Waals surface area contributed by atoms with Crippen LogP contribution in [0.15, 0.2) is 62.8 Å². The molecule has 0 heterocycles. The number of rotatable bonds is 4. The van der Waals surface area contributed by atoms with Gasteiger partial charge in [0.25, 0.3) is 0 Å². The normalized spacial score (nSPS) is 11.6. The van der Waals surface area contributed by atoms with Crippen molar-refractivity contribution in [1.29, 1.82) is 0 Å². The Morgan fingerprint density at radius 2 is 1.75 bits per heavy atom. The molecule has 0 radical (unpaired) electrons. The summed E-state index contributed by atoms with van der Waals surface area (Å²) in [5, 5.41) is 3.51. The molecule has 0 saturated heterocycles. The molecule has 0 aliphatic rings. The Kier molecular flexibility index (Phi) is 5.30. The third-order valence-electron chi connectivity index (χ3n) is 2.79. The van der Waals surface area contributed by atoms with E-state index in [0.29, 0.717) is 0 Å². The summed E-state index contributed by atoms with van der Waals surface area (Å²) in [5.74, 6) is 0. The standard InChI is InChI=1S/C17H20BrNS/c1-17(2,3)19-12-13-9-10-16(15(18)11-13)20-14-7-5-4-6-8-14/h4-11,19H,12H2,1-3H3. The van der Waals surface area contributed by atoms with Gasteiger partial charge in [0.1, 0.15) is 0 Å². The van der Waals surface area contributed by atoms with Crippen molar-refractivity contribution in [3.05, 3.63) is 58.6 Å². The molecule has 1 N–H and O–H groups in total. The first kappa shape index (κ1) is 15.6. The SMILES string of the molecule is CC(C)(C)NCc1ccc(Sc2ccccc2)c(Br)c1. The van der Waals surface area contributed by atoms with Crippen LogP contribution in [-0.2, 0) is 6.54 Å². The van der Waals surface area contributed by atoms with Crippen molar-refractivity contribution in [2.45, 2.75) is 42.6 Å². The molecule has 106 valence electrons. The molecule has 0 amide bonds. The zero-order valence-corrected chi connectivity index (χ0v) is 14.5. The van der Waals surface area contributed by atoms with E-state index in [9.17, 15) is 0 Å². The Hall–Kier alpha value is -0.770. The number of benzene rings is 2. The van der Waals surface area contributed by atoms with E-state index < -0.39 is 0 Å². The van der Waals surface area contributed by atoms with Gasteiger partial charge in [0, 0.05) is 26.3 Å². The molecule has 0 bridgehead atoms. The molecule has 2 aromatic carbocycles. The molecule has 2 rings (SSSR count). The third kappa shape index (κ3) is 4.97. The van der Waals surface area contributed by atoms with E-state index in [4.69, 9.17) is 0 Å². The van der Waals surface area contributed by atoms with Gasteiger partial charge >= 0.3 is 0 Å². The molecule has 0 atom stereocenters. The summed E-state index contributed by atoms with van der Waals surface area (Å²) in [5.41, 5.74) is 1.44. The van der Waals surface area contributed by atoms with Crippen LogP contribution in [0.5, 0.6) is 0 Å². The average molecular weight is 350 g/mol. The summed E-state index contributed by atoms with van der Waals surface area (Å²) < 4.78 is 1.15. The van der Waals surface area contributed by atoms with Gasteiger partial charge in [0.2, 0.25) is 0 Å². The molecule has 0 saturated carbocycles. The zero-order chi connectivity index (χ0) is 14.6. The summed E-state index contributed by atoms with van der Waals surface area (Å²) in [7, 11) is 0. The van der Waals surface area contributed by atoms with Gasteiger partial charge in [-0.2, -0.15) is 0 Å². The highest BCUT2D eigenvalue weighted by molar-refractivity contribution is 9.10. The smallest absolute Gasteiger partial charge is 0.0318 e. The van der Waals surface area contributed by atoms with Gasteiger partial charge < -0.3 is 5.32 Å². The van der Waals surface area contributed by atoms with E-state index >= 15 is 0 Å².